The molecule has 88 valence electrons. The van der Waals surface area contributed by atoms with E-state index in [-0.39, 0.29) is 31.3 Å². The maximum Gasteiger partial charge on any atom is 0.239 e. The van der Waals surface area contributed by atoms with Gasteiger partial charge in [-0.1, -0.05) is 0 Å². The van der Waals surface area contributed by atoms with Crippen molar-refractivity contribution in [1.29, 1.82) is 0 Å². The molecule has 7 heteroatoms. The Hall–Kier alpha value is -0.880. The van der Waals surface area contributed by atoms with E-state index in [1.807, 2.05) is 0 Å². The Morgan fingerprint density at radius 1 is 1.60 bits per heavy atom. The first kappa shape index (κ1) is 14.1. The van der Waals surface area contributed by atoms with Crippen LogP contribution in [0.15, 0.2) is 0 Å². The number of rotatable bonds is 3. The van der Waals surface area contributed by atoms with Crippen molar-refractivity contribution in [3.8, 4) is 0 Å². The Morgan fingerprint density at radius 3 is 2.60 bits per heavy atom. The molecule has 0 aliphatic carbocycles. The van der Waals surface area contributed by atoms with Gasteiger partial charge in [0.05, 0.1) is 6.04 Å². The van der Waals surface area contributed by atoms with Gasteiger partial charge >= 0.3 is 0 Å². The van der Waals surface area contributed by atoms with Crippen LogP contribution < -0.4 is 16.4 Å². The van der Waals surface area contributed by atoms with Crippen molar-refractivity contribution in [3.63, 3.8) is 0 Å². The molecule has 1 heterocycles. The first-order chi connectivity index (χ1) is 6.50. The quantitative estimate of drug-likeness (QED) is 0.597. The van der Waals surface area contributed by atoms with E-state index in [1.165, 1.54) is 6.92 Å². The molecular weight excluding hydrogens is 225 g/mol. The van der Waals surface area contributed by atoms with E-state index in [4.69, 9.17) is 5.73 Å². The fraction of sp³-hybridized carbons (Fsp3) is 0.750. The van der Waals surface area contributed by atoms with Crippen LogP contribution in [-0.2, 0) is 9.59 Å². The van der Waals surface area contributed by atoms with Gasteiger partial charge in [-0.2, -0.15) is 0 Å². The lowest BCUT2D eigenvalue weighted by atomic mass is 10.2. The van der Waals surface area contributed by atoms with Crippen LogP contribution in [-0.4, -0.2) is 36.6 Å². The minimum atomic E-state index is -0.991. The summed E-state index contributed by atoms with van der Waals surface area (Å²) < 4.78 is 12.7. The summed E-state index contributed by atoms with van der Waals surface area (Å²) in [5, 5.41) is 5.11. The highest BCUT2D eigenvalue weighted by Crippen LogP contribution is 2.09. The van der Waals surface area contributed by atoms with Crippen molar-refractivity contribution in [3.05, 3.63) is 0 Å². The van der Waals surface area contributed by atoms with Gasteiger partial charge in [0.15, 0.2) is 0 Å². The van der Waals surface area contributed by atoms with Crippen LogP contribution in [0.3, 0.4) is 0 Å². The summed E-state index contributed by atoms with van der Waals surface area (Å²) >= 11 is 0. The highest BCUT2D eigenvalue weighted by Gasteiger charge is 2.30. The third kappa shape index (κ3) is 4.01. The van der Waals surface area contributed by atoms with E-state index in [0.29, 0.717) is 0 Å². The summed E-state index contributed by atoms with van der Waals surface area (Å²) in [6.07, 6.45) is -0.841. The molecule has 0 aromatic carbocycles. The Kier molecular flexibility index (Phi) is 5.53. The van der Waals surface area contributed by atoms with Crippen molar-refractivity contribution in [2.75, 3.05) is 6.54 Å². The molecule has 1 aliphatic heterocycles. The number of halogens is 2. The van der Waals surface area contributed by atoms with Crippen molar-refractivity contribution in [2.24, 2.45) is 5.73 Å². The number of hydrogen-bond acceptors (Lipinski definition) is 3. The second kappa shape index (κ2) is 5.87. The van der Waals surface area contributed by atoms with Gasteiger partial charge in [-0.25, -0.2) is 4.39 Å². The summed E-state index contributed by atoms with van der Waals surface area (Å²) in [5.74, 6) is -0.982. The molecule has 0 radical (unpaired) electrons. The van der Waals surface area contributed by atoms with E-state index in [2.05, 4.69) is 10.6 Å². The standard InChI is InChI=1S/C8H14FN3O2.ClH/c1-4(7(10)13)12-8(14)6-2-5(9)3-11-6;/h4-6,11H,2-3H2,1H3,(H2,10,13)(H,12,14);1H/t4-,5-,6+;/m0./s1. The molecule has 0 unspecified atom stereocenters. The van der Waals surface area contributed by atoms with Gasteiger partial charge in [0, 0.05) is 13.0 Å². The third-order valence-corrected chi connectivity index (χ3v) is 2.18. The van der Waals surface area contributed by atoms with Crippen LogP contribution in [0.4, 0.5) is 4.39 Å². The molecule has 15 heavy (non-hydrogen) atoms. The van der Waals surface area contributed by atoms with Crippen molar-refractivity contribution >= 4 is 24.2 Å². The van der Waals surface area contributed by atoms with E-state index in [0.717, 1.165) is 0 Å². The smallest absolute Gasteiger partial charge is 0.239 e. The molecule has 1 fully saturated rings. The molecule has 0 aromatic heterocycles. The topological polar surface area (TPSA) is 84.2 Å². The second-order valence-corrected chi connectivity index (χ2v) is 3.43. The minimum absolute atomic E-state index is 0. The minimum Gasteiger partial charge on any atom is -0.368 e. The number of nitrogens with one attached hydrogen (secondary N) is 2. The summed E-state index contributed by atoms with van der Waals surface area (Å²) in [4.78, 5) is 22.0. The van der Waals surface area contributed by atoms with Crippen molar-refractivity contribution < 1.29 is 14.0 Å². The summed E-state index contributed by atoms with van der Waals surface area (Å²) in [6, 6.07) is -1.27. The van der Waals surface area contributed by atoms with Gasteiger partial charge in [0.2, 0.25) is 11.8 Å². The Bertz CT molecular complexity index is 252. The zero-order valence-corrected chi connectivity index (χ0v) is 9.14. The number of carbonyl (C=O) groups excluding carboxylic acids is 2. The zero-order chi connectivity index (χ0) is 10.7. The molecular formula is C8H15ClFN3O2. The lowest BCUT2D eigenvalue weighted by molar-refractivity contribution is -0.128. The molecule has 0 saturated carbocycles. The maximum absolute atomic E-state index is 12.7. The van der Waals surface area contributed by atoms with Crippen LogP contribution in [0.2, 0.25) is 0 Å². The first-order valence-corrected chi connectivity index (χ1v) is 4.48. The molecule has 0 bridgehead atoms. The van der Waals surface area contributed by atoms with Crippen LogP contribution >= 0.6 is 12.4 Å². The molecule has 0 aromatic rings. The molecule has 3 atom stereocenters. The van der Waals surface area contributed by atoms with Crippen LogP contribution in [0.25, 0.3) is 0 Å². The lowest BCUT2D eigenvalue weighted by Gasteiger charge is -2.14. The van der Waals surface area contributed by atoms with Crippen LogP contribution in [0.1, 0.15) is 13.3 Å². The van der Waals surface area contributed by atoms with Gasteiger partial charge in [0.1, 0.15) is 12.2 Å². The Labute approximate surface area is 93.4 Å². The van der Waals surface area contributed by atoms with E-state index in [1.54, 1.807) is 0 Å². The number of hydrogen-bond donors (Lipinski definition) is 3. The normalized spacial score (nSPS) is 26.5. The molecule has 2 amide bonds. The highest BCUT2D eigenvalue weighted by molar-refractivity contribution is 5.88. The van der Waals surface area contributed by atoms with E-state index < -0.39 is 24.2 Å². The summed E-state index contributed by atoms with van der Waals surface area (Å²) in [7, 11) is 0. The predicted molar refractivity (Wildman–Crippen MR) is 55.4 cm³/mol. The third-order valence-electron chi connectivity index (χ3n) is 2.18. The van der Waals surface area contributed by atoms with Crippen LogP contribution in [0.5, 0.6) is 0 Å². The molecule has 5 nitrogen and oxygen atoms in total. The number of nitrogens with two attached hydrogens (primary N) is 1. The van der Waals surface area contributed by atoms with Gasteiger partial charge in [0.25, 0.3) is 0 Å². The second-order valence-electron chi connectivity index (χ2n) is 3.43. The van der Waals surface area contributed by atoms with Crippen molar-refractivity contribution in [2.45, 2.75) is 31.6 Å². The van der Waals surface area contributed by atoms with Gasteiger partial charge in [-0.15, -0.1) is 12.4 Å². The number of amides is 2. The number of alkyl halides is 1. The predicted octanol–water partition coefficient (Wildman–Crippen LogP) is -0.902. The molecule has 1 rings (SSSR count). The fourth-order valence-corrected chi connectivity index (χ4v) is 1.28. The monoisotopic (exact) mass is 239 g/mol. The summed E-state index contributed by atoms with van der Waals surface area (Å²) in [6.45, 7) is 1.67. The van der Waals surface area contributed by atoms with Crippen LogP contribution in [0, 0.1) is 0 Å². The highest BCUT2D eigenvalue weighted by atomic mass is 35.5. The molecule has 0 spiro atoms. The average Bonchev–Trinajstić information content (AvgIpc) is 2.51. The summed E-state index contributed by atoms with van der Waals surface area (Å²) in [5.41, 5.74) is 4.96. The molecule has 4 N–H and O–H groups in total. The zero-order valence-electron chi connectivity index (χ0n) is 8.33. The molecule has 1 saturated heterocycles. The van der Waals surface area contributed by atoms with E-state index in [9.17, 15) is 14.0 Å². The van der Waals surface area contributed by atoms with Gasteiger partial charge in [-0.3, -0.25) is 9.59 Å². The van der Waals surface area contributed by atoms with Gasteiger partial charge in [-0.05, 0) is 6.92 Å². The Morgan fingerprint density at radius 2 is 2.20 bits per heavy atom. The van der Waals surface area contributed by atoms with Crippen molar-refractivity contribution in [1.82, 2.24) is 10.6 Å². The largest absolute Gasteiger partial charge is 0.368 e. The van der Waals surface area contributed by atoms with E-state index >= 15 is 0 Å². The van der Waals surface area contributed by atoms with Gasteiger partial charge < -0.3 is 16.4 Å². The SMILES string of the molecule is C[C@H](NC(=O)[C@H]1C[C@H](F)CN1)C(N)=O.Cl. The Balaban J connectivity index is 0.00000196. The average molecular weight is 240 g/mol. The number of primary amides is 1. The lowest BCUT2D eigenvalue weighted by Crippen LogP contribution is -2.48. The number of carbonyl (C=O) groups is 2. The fourth-order valence-electron chi connectivity index (χ4n) is 1.28. The molecule has 1 aliphatic rings. The first-order valence-electron chi connectivity index (χ1n) is 4.48. The maximum atomic E-state index is 12.7.